The number of nitrogens with one attached hydrogen (secondary N) is 1. The standard InChI is InChI=1S/C12H16N2O6/c15-8(9(16)10(17)11(18)12(19)20)6-13-14-7-4-2-1-3-5-7/h1-6,8-11,14-18H,(H,19,20)/t8-,9+,10-,11-/m0/s1. The highest BCUT2D eigenvalue weighted by Crippen LogP contribution is 2.06. The molecule has 0 unspecified atom stereocenters. The van der Waals surface area contributed by atoms with Crippen LogP contribution in [-0.4, -0.2) is 62.1 Å². The van der Waals surface area contributed by atoms with Crippen LogP contribution in [0.25, 0.3) is 0 Å². The van der Waals surface area contributed by atoms with Gasteiger partial charge in [-0.05, 0) is 12.1 Å². The van der Waals surface area contributed by atoms with E-state index >= 15 is 0 Å². The predicted octanol–water partition coefficient (Wildman–Crippen LogP) is -1.39. The monoisotopic (exact) mass is 284 g/mol. The number of hydrogen-bond donors (Lipinski definition) is 6. The Morgan fingerprint density at radius 1 is 1.10 bits per heavy atom. The van der Waals surface area contributed by atoms with Gasteiger partial charge in [-0.25, -0.2) is 4.79 Å². The molecular weight excluding hydrogens is 268 g/mol. The third-order valence-electron chi connectivity index (χ3n) is 2.47. The minimum Gasteiger partial charge on any atom is -0.479 e. The van der Waals surface area contributed by atoms with Crippen molar-refractivity contribution in [2.75, 3.05) is 5.43 Å². The first-order chi connectivity index (χ1) is 9.43. The maximum absolute atomic E-state index is 10.4. The molecule has 0 amide bonds. The van der Waals surface area contributed by atoms with E-state index < -0.39 is 30.4 Å². The molecule has 1 rings (SSSR count). The van der Waals surface area contributed by atoms with E-state index in [1.165, 1.54) is 0 Å². The van der Waals surface area contributed by atoms with Crippen molar-refractivity contribution in [2.24, 2.45) is 5.10 Å². The second-order valence-corrected chi connectivity index (χ2v) is 4.01. The molecule has 0 saturated carbocycles. The van der Waals surface area contributed by atoms with Gasteiger partial charge in [0.25, 0.3) is 0 Å². The molecule has 0 radical (unpaired) electrons. The smallest absolute Gasteiger partial charge is 0.335 e. The molecule has 0 saturated heterocycles. The molecule has 8 heteroatoms. The topological polar surface area (TPSA) is 143 Å². The van der Waals surface area contributed by atoms with Gasteiger partial charge in [-0.3, -0.25) is 5.43 Å². The molecule has 0 aromatic heterocycles. The van der Waals surface area contributed by atoms with Gasteiger partial charge in [-0.15, -0.1) is 0 Å². The molecule has 0 aliphatic heterocycles. The van der Waals surface area contributed by atoms with Gasteiger partial charge in [-0.2, -0.15) is 5.10 Å². The van der Waals surface area contributed by atoms with Crippen LogP contribution < -0.4 is 5.43 Å². The Labute approximate surface area is 114 Å². The van der Waals surface area contributed by atoms with Crippen molar-refractivity contribution in [3.63, 3.8) is 0 Å². The van der Waals surface area contributed by atoms with Crippen molar-refractivity contribution in [1.82, 2.24) is 0 Å². The second kappa shape index (κ2) is 7.56. The van der Waals surface area contributed by atoms with Gasteiger partial charge in [0.2, 0.25) is 0 Å². The molecule has 4 atom stereocenters. The van der Waals surface area contributed by atoms with Gasteiger partial charge < -0.3 is 25.5 Å². The van der Waals surface area contributed by atoms with Gasteiger partial charge >= 0.3 is 5.97 Å². The molecule has 0 fully saturated rings. The number of para-hydroxylation sites is 1. The third-order valence-corrected chi connectivity index (χ3v) is 2.47. The van der Waals surface area contributed by atoms with Crippen molar-refractivity contribution >= 4 is 17.9 Å². The molecular formula is C12H16N2O6. The summed E-state index contributed by atoms with van der Waals surface area (Å²) >= 11 is 0. The van der Waals surface area contributed by atoms with Gasteiger partial charge in [0, 0.05) is 0 Å². The zero-order valence-electron chi connectivity index (χ0n) is 10.4. The quantitative estimate of drug-likeness (QED) is 0.267. The lowest BCUT2D eigenvalue weighted by molar-refractivity contribution is -0.160. The Morgan fingerprint density at radius 3 is 2.25 bits per heavy atom. The van der Waals surface area contributed by atoms with Crippen LogP contribution in [0.4, 0.5) is 5.69 Å². The minimum absolute atomic E-state index is 0.636. The number of carboxylic acid groups (broad SMARTS) is 1. The Hall–Kier alpha value is -2.00. The average Bonchev–Trinajstić information content (AvgIpc) is 2.45. The maximum Gasteiger partial charge on any atom is 0.335 e. The fourth-order valence-corrected chi connectivity index (χ4v) is 1.32. The van der Waals surface area contributed by atoms with Crippen LogP contribution >= 0.6 is 0 Å². The van der Waals surface area contributed by atoms with Crippen LogP contribution in [0.3, 0.4) is 0 Å². The molecule has 1 aromatic rings. The first kappa shape index (κ1) is 16.1. The summed E-state index contributed by atoms with van der Waals surface area (Å²) in [6.07, 6.45) is -6.88. The van der Waals surface area contributed by atoms with Gasteiger partial charge in [0.1, 0.15) is 18.3 Å². The summed E-state index contributed by atoms with van der Waals surface area (Å²) in [6, 6.07) is 8.75. The number of aliphatic carboxylic acids is 1. The van der Waals surface area contributed by atoms with E-state index in [4.69, 9.17) is 10.2 Å². The number of hydrazone groups is 1. The Morgan fingerprint density at radius 2 is 1.70 bits per heavy atom. The predicted molar refractivity (Wildman–Crippen MR) is 70.2 cm³/mol. The van der Waals surface area contributed by atoms with E-state index in [2.05, 4.69) is 10.5 Å². The number of carboxylic acids is 1. The van der Waals surface area contributed by atoms with Crippen LogP contribution in [0.5, 0.6) is 0 Å². The number of rotatable bonds is 7. The van der Waals surface area contributed by atoms with E-state index in [9.17, 15) is 20.1 Å². The zero-order chi connectivity index (χ0) is 15.1. The van der Waals surface area contributed by atoms with Gasteiger partial charge in [0.05, 0.1) is 11.9 Å². The highest BCUT2D eigenvalue weighted by molar-refractivity contribution is 5.73. The van der Waals surface area contributed by atoms with Gasteiger partial charge in [0.15, 0.2) is 6.10 Å². The highest BCUT2D eigenvalue weighted by atomic mass is 16.4. The number of aliphatic hydroxyl groups excluding tert-OH is 4. The molecule has 0 heterocycles. The lowest BCUT2D eigenvalue weighted by atomic mass is 10.0. The fraction of sp³-hybridized carbons (Fsp3) is 0.333. The normalized spacial score (nSPS) is 17.4. The number of aliphatic hydroxyl groups is 4. The number of nitrogens with zero attached hydrogens (tertiary/aromatic N) is 1. The molecule has 6 N–H and O–H groups in total. The van der Waals surface area contributed by atoms with Crippen molar-refractivity contribution in [2.45, 2.75) is 24.4 Å². The van der Waals surface area contributed by atoms with E-state index in [-0.39, 0.29) is 0 Å². The molecule has 0 aliphatic rings. The van der Waals surface area contributed by atoms with Crippen LogP contribution in [0, 0.1) is 0 Å². The lowest BCUT2D eigenvalue weighted by Gasteiger charge is -2.22. The first-order valence-electron chi connectivity index (χ1n) is 5.73. The minimum atomic E-state index is -2.20. The molecule has 20 heavy (non-hydrogen) atoms. The maximum atomic E-state index is 10.4. The molecule has 0 bridgehead atoms. The molecule has 8 nitrogen and oxygen atoms in total. The first-order valence-corrected chi connectivity index (χ1v) is 5.73. The molecule has 0 aliphatic carbocycles. The van der Waals surface area contributed by atoms with E-state index in [0.717, 1.165) is 6.21 Å². The summed E-state index contributed by atoms with van der Waals surface area (Å²) in [4.78, 5) is 10.4. The lowest BCUT2D eigenvalue weighted by Crippen LogP contribution is -2.48. The fourth-order valence-electron chi connectivity index (χ4n) is 1.32. The summed E-state index contributed by atoms with van der Waals surface area (Å²) in [5, 5.41) is 49.4. The van der Waals surface area contributed by atoms with Crippen molar-refractivity contribution in [3.05, 3.63) is 30.3 Å². The Bertz CT molecular complexity index is 453. The largest absolute Gasteiger partial charge is 0.479 e. The summed E-state index contributed by atoms with van der Waals surface area (Å²) in [5.74, 6) is -1.71. The third kappa shape index (κ3) is 4.59. The van der Waals surface area contributed by atoms with E-state index in [1.54, 1.807) is 30.3 Å². The van der Waals surface area contributed by atoms with Crippen molar-refractivity contribution in [3.8, 4) is 0 Å². The number of benzene rings is 1. The van der Waals surface area contributed by atoms with Crippen molar-refractivity contribution < 1.29 is 30.3 Å². The number of carbonyl (C=O) groups is 1. The summed E-state index contributed by atoms with van der Waals surface area (Å²) in [7, 11) is 0. The second-order valence-electron chi connectivity index (χ2n) is 4.01. The van der Waals surface area contributed by atoms with Crippen LogP contribution in [-0.2, 0) is 4.79 Å². The summed E-state index contributed by atoms with van der Waals surface area (Å²) in [5.41, 5.74) is 3.19. The molecule has 110 valence electrons. The number of anilines is 1. The Kier molecular flexibility index (Phi) is 6.07. The summed E-state index contributed by atoms with van der Waals surface area (Å²) in [6.45, 7) is 0. The average molecular weight is 284 g/mol. The number of hydrogen-bond acceptors (Lipinski definition) is 7. The van der Waals surface area contributed by atoms with Crippen LogP contribution in [0.2, 0.25) is 0 Å². The Balaban J connectivity index is 2.53. The van der Waals surface area contributed by atoms with Crippen molar-refractivity contribution in [1.29, 1.82) is 0 Å². The molecule has 0 spiro atoms. The summed E-state index contributed by atoms with van der Waals surface area (Å²) < 4.78 is 0. The highest BCUT2D eigenvalue weighted by Gasteiger charge is 2.33. The van der Waals surface area contributed by atoms with Crippen LogP contribution in [0.1, 0.15) is 0 Å². The zero-order valence-corrected chi connectivity index (χ0v) is 10.4. The van der Waals surface area contributed by atoms with Crippen LogP contribution in [0.15, 0.2) is 35.4 Å². The van der Waals surface area contributed by atoms with Gasteiger partial charge in [-0.1, -0.05) is 18.2 Å². The molecule has 1 aromatic carbocycles. The van der Waals surface area contributed by atoms with E-state index in [1.807, 2.05) is 0 Å². The van der Waals surface area contributed by atoms with E-state index in [0.29, 0.717) is 5.69 Å². The SMILES string of the molecule is O=C(O)[C@@H](O)[C@@H](O)[C@H](O)[C@@H](O)C=NNc1ccccc1.